The standard InChI is InChI=1S/C25H20FNO4/c1-2-29-21-12-8-19(9-13-21)24-27-23(25(28)31-24)15-18-4-3-5-22(14-18)30-16-17-6-10-20(26)11-7-17/h3-15H,2,16H2,1H3/b23-15+. The molecule has 156 valence electrons. The van der Waals surface area contributed by atoms with Gasteiger partial charge < -0.3 is 14.2 Å². The Morgan fingerprint density at radius 3 is 2.48 bits per heavy atom. The second-order valence-corrected chi connectivity index (χ2v) is 6.78. The van der Waals surface area contributed by atoms with Gasteiger partial charge in [-0.3, -0.25) is 0 Å². The summed E-state index contributed by atoms with van der Waals surface area (Å²) in [6.07, 6.45) is 1.65. The monoisotopic (exact) mass is 417 g/mol. The van der Waals surface area contributed by atoms with Crippen LogP contribution in [0.25, 0.3) is 6.08 Å². The lowest BCUT2D eigenvalue weighted by Crippen LogP contribution is -2.05. The van der Waals surface area contributed by atoms with Gasteiger partial charge in [0, 0.05) is 5.56 Å². The molecule has 0 saturated carbocycles. The van der Waals surface area contributed by atoms with Gasteiger partial charge in [0.25, 0.3) is 0 Å². The van der Waals surface area contributed by atoms with E-state index in [0.29, 0.717) is 24.5 Å². The normalized spacial score (nSPS) is 14.3. The highest BCUT2D eigenvalue weighted by atomic mass is 19.1. The summed E-state index contributed by atoms with van der Waals surface area (Å²) < 4.78 is 29.5. The Hall–Kier alpha value is -3.93. The molecule has 1 aliphatic heterocycles. The van der Waals surface area contributed by atoms with E-state index < -0.39 is 5.97 Å². The van der Waals surface area contributed by atoms with Gasteiger partial charge in [-0.05, 0) is 72.7 Å². The zero-order chi connectivity index (χ0) is 21.6. The van der Waals surface area contributed by atoms with Crippen molar-refractivity contribution in [2.24, 2.45) is 4.99 Å². The van der Waals surface area contributed by atoms with E-state index in [9.17, 15) is 9.18 Å². The Morgan fingerprint density at radius 2 is 1.74 bits per heavy atom. The van der Waals surface area contributed by atoms with E-state index in [1.54, 1.807) is 48.5 Å². The fraction of sp³-hybridized carbons (Fsp3) is 0.120. The minimum atomic E-state index is -0.512. The molecule has 0 amide bonds. The summed E-state index contributed by atoms with van der Waals surface area (Å²) in [5.41, 5.74) is 2.51. The largest absolute Gasteiger partial charge is 0.494 e. The first kappa shape index (κ1) is 20.3. The molecule has 0 aromatic heterocycles. The molecule has 0 radical (unpaired) electrons. The molecule has 0 unspecified atom stereocenters. The minimum absolute atomic E-state index is 0.208. The van der Waals surface area contributed by atoms with Crippen LogP contribution in [0.3, 0.4) is 0 Å². The van der Waals surface area contributed by atoms with Gasteiger partial charge in [-0.25, -0.2) is 14.2 Å². The van der Waals surface area contributed by atoms with Crippen LogP contribution in [0.2, 0.25) is 0 Å². The van der Waals surface area contributed by atoms with Gasteiger partial charge in [0.15, 0.2) is 5.70 Å². The van der Waals surface area contributed by atoms with Gasteiger partial charge in [0.05, 0.1) is 6.61 Å². The fourth-order valence-corrected chi connectivity index (χ4v) is 2.99. The Bertz CT molecular complexity index is 1130. The quantitative estimate of drug-likeness (QED) is 0.394. The summed E-state index contributed by atoms with van der Waals surface area (Å²) >= 11 is 0. The lowest BCUT2D eigenvalue weighted by atomic mass is 10.2. The highest BCUT2D eigenvalue weighted by Gasteiger charge is 2.24. The van der Waals surface area contributed by atoms with Crippen LogP contribution in [-0.4, -0.2) is 18.5 Å². The number of ether oxygens (including phenoxy) is 3. The average molecular weight is 417 g/mol. The number of hydrogen-bond donors (Lipinski definition) is 0. The Morgan fingerprint density at radius 1 is 0.968 bits per heavy atom. The fourth-order valence-electron chi connectivity index (χ4n) is 2.99. The molecule has 0 aliphatic carbocycles. The first-order chi connectivity index (χ1) is 15.1. The first-order valence-electron chi connectivity index (χ1n) is 9.84. The topological polar surface area (TPSA) is 57.1 Å². The van der Waals surface area contributed by atoms with E-state index in [1.807, 2.05) is 25.1 Å². The predicted molar refractivity (Wildman–Crippen MR) is 115 cm³/mol. The summed E-state index contributed by atoms with van der Waals surface area (Å²) in [5.74, 6) is 0.820. The van der Waals surface area contributed by atoms with Crippen molar-refractivity contribution in [1.82, 2.24) is 0 Å². The number of halogens is 1. The number of cyclic esters (lactones) is 1. The van der Waals surface area contributed by atoms with Gasteiger partial charge >= 0.3 is 5.97 Å². The van der Waals surface area contributed by atoms with Gasteiger partial charge in [0.2, 0.25) is 5.90 Å². The summed E-state index contributed by atoms with van der Waals surface area (Å²) in [7, 11) is 0. The van der Waals surface area contributed by atoms with Crippen LogP contribution < -0.4 is 9.47 Å². The van der Waals surface area contributed by atoms with Crippen molar-refractivity contribution in [2.45, 2.75) is 13.5 Å². The van der Waals surface area contributed by atoms with Crippen LogP contribution in [0, 0.1) is 5.82 Å². The van der Waals surface area contributed by atoms with E-state index in [4.69, 9.17) is 14.2 Å². The molecule has 31 heavy (non-hydrogen) atoms. The van der Waals surface area contributed by atoms with Crippen molar-refractivity contribution in [3.63, 3.8) is 0 Å². The van der Waals surface area contributed by atoms with E-state index in [-0.39, 0.29) is 17.4 Å². The molecule has 1 aliphatic rings. The molecule has 3 aromatic rings. The Balaban J connectivity index is 1.47. The molecule has 0 saturated heterocycles. The lowest BCUT2D eigenvalue weighted by Gasteiger charge is -2.07. The molecule has 0 N–H and O–H groups in total. The van der Waals surface area contributed by atoms with Crippen LogP contribution >= 0.6 is 0 Å². The second-order valence-electron chi connectivity index (χ2n) is 6.78. The van der Waals surface area contributed by atoms with Crippen molar-refractivity contribution in [1.29, 1.82) is 0 Å². The number of nitrogens with zero attached hydrogens (tertiary/aromatic N) is 1. The van der Waals surface area contributed by atoms with Crippen molar-refractivity contribution >= 4 is 17.9 Å². The third-order valence-electron chi connectivity index (χ3n) is 4.51. The summed E-state index contributed by atoms with van der Waals surface area (Å²) in [4.78, 5) is 16.6. The maximum Gasteiger partial charge on any atom is 0.363 e. The SMILES string of the molecule is CCOc1ccc(C2=N/C(=C/c3cccc(OCc4ccc(F)cc4)c3)C(=O)O2)cc1. The summed E-state index contributed by atoms with van der Waals surface area (Å²) in [5, 5.41) is 0. The molecule has 3 aromatic carbocycles. The van der Waals surface area contributed by atoms with Crippen LogP contribution in [0.1, 0.15) is 23.6 Å². The average Bonchev–Trinajstić information content (AvgIpc) is 3.14. The van der Waals surface area contributed by atoms with E-state index in [1.165, 1.54) is 12.1 Å². The van der Waals surface area contributed by atoms with E-state index >= 15 is 0 Å². The first-order valence-corrected chi connectivity index (χ1v) is 9.84. The van der Waals surface area contributed by atoms with Crippen molar-refractivity contribution in [3.05, 3.63) is 101 Å². The number of carbonyl (C=O) groups excluding carboxylic acids is 1. The third-order valence-corrected chi connectivity index (χ3v) is 4.51. The molecule has 0 fully saturated rings. The van der Waals surface area contributed by atoms with E-state index in [2.05, 4.69) is 4.99 Å². The molecular formula is C25H20FNO4. The smallest absolute Gasteiger partial charge is 0.363 e. The van der Waals surface area contributed by atoms with Crippen molar-refractivity contribution < 1.29 is 23.4 Å². The van der Waals surface area contributed by atoms with Gasteiger partial charge in [-0.1, -0.05) is 24.3 Å². The van der Waals surface area contributed by atoms with Crippen LogP contribution in [0.15, 0.2) is 83.5 Å². The van der Waals surface area contributed by atoms with Gasteiger partial charge in [-0.2, -0.15) is 0 Å². The highest BCUT2D eigenvalue weighted by molar-refractivity contribution is 6.12. The van der Waals surface area contributed by atoms with E-state index in [0.717, 1.165) is 16.9 Å². The summed E-state index contributed by atoms with van der Waals surface area (Å²) in [6.45, 7) is 2.80. The van der Waals surface area contributed by atoms with Gasteiger partial charge in [0.1, 0.15) is 23.9 Å². The van der Waals surface area contributed by atoms with Crippen LogP contribution in [0.5, 0.6) is 11.5 Å². The predicted octanol–water partition coefficient (Wildman–Crippen LogP) is 5.15. The number of carbonyl (C=O) groups is 1. The van der Waals surface area contributed by atoms with Crippen LogP contribution in [-0.2, 0) is 16.1 Å². The molecule has 5 nitrogen and oxygen atoms in total. The molecule has 0 atom stereocenters. The zero-order valence-electron chi connectivity index (χ0n) is 16.9. The number of aliphatic imine (C=N–C) groups is 1. The number of benzene rings is 3. The van der Waals surface area contributed by atoms with Gasteiger partial charge in [-0.15, -0.1) is 0 Å². The zero-order valence-corrected chi connectivity index (χ0v) is 16.9. The lowest BCUT2D eigenvalue weighted by molar-refractivity contribution is -0.129. The molecule has 1 heterocycles. The minimum Gasteiger partial charge on any atom is -0.494 e. The molecule has 0 bridgehead atoms. The Kier molecular flexibility index (Phi) is 6.08. The number of esters is 1. The third kappa shape index (κ3) is 5.17. The molecule has 6 heteroatoms. The van der Waals surface area contributed by atoms with Crippen LogP contribution in [0.4, 0.5) is 4.39 Å². The molecular weight excluding hydrogens is 397 g/mol. The highest BCUT2D eigenvalue weighted by Crippen LogP contribution is 2.23. The second kappa shape index (κ2) is 9.26. The van der Waals surface area contributed by atoms with Crippen molar-refractivity contribution in [3.8, 4) is 11.5 Å². The van der Waals surface area contributed by atoms with Crippen molar-refractivity contribution in [2.75, 3.05) is 6.61 Å². The maximum absolute atomic E-state index is 13.0. The summed E-state index contributed by atoms with van der Waals surface area (Å²) in [6, 6.07) is 20.6. The molecule has 0 spiro atoms. The number of hydrogen-bond acceptors (Lipinski definition) is 5. The Labute approximate surface area is 179 Å². The molecule has 4 rings (SSSR count). The number of rotatable bonds is 7. The maximum atomic E-state index is 13.0.